The minimum Gasteiger partial charge on any atom is -0.345 e. The number of nitrogens with two attached hydrogens (primary N) is 1. The van der Waals surface area contributed by atoms with Crippen LogP contribution < -0.4 is 16.4 Å². The van der Waals surface area contributed by atoms with Gasteiger partial charge in [0.05, 0.1) is 23.5 Å². The fraction of sp³-hybridized carbons (Fsp3) is 0.208. The third kappa shape index (κ3) is 3.83. The number of amides is 3. The zero-order valence-electron chi connectivity index (χ0n) is 17.7. The Hall–Kier alpha value is -4.11. The van der Waals surface area contributed by atoms with Gasteiger partial charge in [-0.2, -0.15) is 0 Å². The molecule has 3 heterocycles. The average Bonchev–Trinajstić information content (AvgIpc) is 3.23. The highest BCUT2D eigenvalue weighted by atomic mass is 16.2. The van der Waals surface area contributed by atoms with Crippen LogP contribution in [0.4, 0.5) is 5.69 Å². The van der Waals surface area contributed by atoms with Gasteiger partial charge in [-0.05, 0) is 41.3 Å². The Morgan fingerprint density at radius 1 is 1.15 bits per heavy atom. The zero-order valence-corrected chi connectivity index (χ0v) is 17.7. The summed E-state index contributed by atoms with van der Waals surface area (Å²) >= 11 is 0. The summed E-state index contributed by atoms with van der Waals surface area (Å²) in [5, 5.41) is 5.71. The minimum absolute atomic E-state index is 0.156. The lowest BCUT2D eigenvalue weighted by Gasteiger charge is -2.24. The number of carbonyl (C=O) groups is 3. The van der Waals surface area contributed by atoms with E-state index in [2.05, 4.69) is 20.6 Å². The fourth-order valence-corrected chi connectivity index (χ4v) is 4.40. The molecule has 3 aromatic rings. The summed E-state index contributed by atoms with van der Waals surface area (Å²) in [6, 6.07) is 11.9. The summed E-state index contributed by atoms with van der Waals surface area (Å²) < 4.78 is 0. The molecule has 1 saturated heterocycles. The van der Waals surface area contributed by atoms with E-state index in [1.54, 1.807) is 12.1 Å². The highest BCUT2D eigenvalue weighted by molar-refractivity contribution is 6.11. The van der Waals surface area contributed by atoms with Crippen LogP contribution in [0.15, 0.2) is 61.1 Å². The lowest BCUT2D eigenvalue weighted by Crippen LogP contribution is -2.51. The maximum absolute atomic E-state index is 13.5. The van der Waals surface area contributed by atoms with E-state index in [4.69, 9.17) is 5.73 Å². The van der Waals surface area contributed by atoms with Crippen molar-refractivity contribution in [3.63, 3.8) is 0 Å². The van der Waals surface area contributed by atoms with Gasteiger partial charge in [-0.25, -0.2) is 4.98 Å². The molecule has 2 atom stereocenters. The van der Waals surface area contributed by atoms with Crippen LogP contribution in [0.2, 0.25) is 0 Å². The zero-order chi connectivity index (χ0) is 22.9. The van der Waals surface area contributed by atoms with Gasteiger partial charge in [-0.15, -0.1) is 0 Å². The van der Waals surface area contributed by atoms with Crippen LogP contribution in [-0.2, 0) is 11.3 Å². The van der Waals surface area contributed by atoms with E-state index in [0.717, 1.165) is 16.7 Å². The Morgan fingerprint density at radius 2 is 2.00 bits per heavy atom. The highest BCUT2D eigenvalue weighted by Gasteiger charge is 2.45. The molecule has 4 N–H and O–H groups in total. The SMILES string of the molecule is NCc1cccc(-c2ccc3c(c2)C(=O)N2CC[C@H](NC(=O)c4cnccn4)[C@H]2C(=O)N3)c1. The highest BCUT2D eigenvalue weighted by Crippen LogP contribution is 2.32. The average molecular weight is 442 g/mol. The smallest absolute Gasteiger partial charge is 0.271 e. The quantitative estimate of drug-likeness (QED) is 0.562. The summed E-state index contributed by atoms with van der Waals surface area (Å²) in [6.45, 7) is 0.777. The van der Waals surface area contributed by atoms with E-state index < -0.39 is 18.0 Å². The van der Waals surface area contributed by atoms with E-state index >= 15 is 0 Å². The largest absolute Gasteiger partial charge is 0.345 e. The maximum Gasteiger partial charge on any atom is 0.271 e. The first kappa shape index (κ1) is 20.8. The first-order chi connectivity index (χ1) is 16.0. The summed E-state index contributed by atoms with van der Waals surface area (Å²) in [4.78, 5) is 48.5. The predicted molar refractivity (Wildman–Crippen MR) is 121 cm³/mol. The van der Waals surface area contributed by atoms with Crippen molar-refractivity contribution in [2.75, 3.05) is 11.9 Å². The lowest BCUT2D eigenvalue weighted by molar-refractivity contribution is -0.120. The van der Waals surface area contributed by atoms with Gasteiger partial charge in [-0.3, -0.25) is 19.4 Å². The number of aromatic nitrogens is 2. The number of carbonyl (C=O) groups excluding carboxylic acids is 3. The first-order valence-electron chi connectivity index (χ1n) is 10.7. The fourth-order valence-electron chi connectivity index (χ4n) is 4.40. The summed E-state index contributed by atoms with van der Waals surface area (Å²) in [5.74, 6) is -1.01. The molecule has 1 fully saturated rings. The van der Waals surface area contributed by atoms with E-state index in [9.17, 15) is 14.4 Å². The molecule has 0 spiro atoms. The topological polar surface area (TPSA) is 130 Å². The van der Waals surface area contributed by atoms with Crippen molar-refractivity contribution in [2.45, 2.75) is 25.0 Å². The normalized spacial score (nSPS) is 19.4. The van der Waals surface area contributed by atoms with Gasteiger partial charge in [-0.1, -0.05) is 24.3 Å². The second-order valence-electron chi connectivity index (χ2n) is 8.06. The van der Waals surface area contributed by atoms with Crippen LogP contribution in [0.3, 0.4) is 0 Å². The van der Waals surface area contributed by atoms with Crippen molar-refractivity contribution in [2.24, 2.45) is 5.73 Å². The number of nitrogens with one attached hydrogen (secondary N) is 2. The lowest BCUT2D eigenvalue weighted by atomic mass is 9.99. The van der Waals surface area contributed by atoms with Gasteiger partial charge < -0.3 is 21.3 Å². The van der Waals surface area contributed by atoms with Crippen molar-refractivity contribution < 1.29 is 14.4 Å². The number of hydrogen-bond acceptors (Lipinski definition) is 6. The molecule has 2 aliphatic heterocycles. The molecule has 2 aliphatic rings. The van der Waals surface area contributed by atoms with Crippen LogP contribution in [0, 0.1) is 0 Å². The molecule has 0 bridgehead atoms. The van der Waals surface area contributed by atoms with Gasteiger partial charge in [0.25, 0.3) is 11.8 Å². The molecule has 166 valence electrons. The molecular formula is C24H22N6O3. The van der Waals surface area contributed by atoms with Crippen LogP contribution in [0.5, 0.6) is 0 Å². The van der Waals surface area contributed by atoms with Gasteiger partial charge in [0.15, 0.2) is 0 Å². The molecule has 5 rings (SSSR count). The number of nitrogens with zero attached hydrogens (tertiary/aromatic N) is 3. The Labute approximate surface area is 190 Å². The number of anilines is 1. The molecule has 9 nitrogen and oxygen atoms in total. The van der Waals surface area contributed by atoms with Crippen molar-refractivity contribution in [1.29, 1.82) is 0 Å². The molecule has 0 aliphatic carbocycles. The Balaban J connectivity index is 1.43. The molecule has 9 heteroatoms. The molecule has 0 unspecified atom stereocenters. The monoisotopic (exact) mass is 442 g/mol. The molecular weight excluding hydrogens is 420 g/mol. The van der Waals surface area contributed by atoms with Crippen molar-refractivity contribution >= 4 is 23.4 Å². The summed E-state index contributed by atoms with van der Waals surface area (Å²) in [7, 11) is 0. The maximum atomic E-state index is 13.5. The third-order valence-corrected chi connectivity index (χ3v) is 6.04. The number of hydrogen-bond donors (Lipinski definition) is 3. The van der Waals surface area contributed by atoms with Gasteiger partial charge >= 0.3 is 0 Å². The van der Waals surface area contributed by atoms with Crippen LogP contribution in [-0.4, -0.2) is 51.2 Å². The molecule has 0 radical (unpaired) electrons. The van der Waals surface area contributed by atoms with Crippen LogP contribution >= 0.6 is 0 Å². The first-order valence-corrected chi connectivity index (χ1v) is 10.7. The minimum atomic E-state index is -0.811. The Morgan fingerprint density at radius 3 is 2.79 bits per heavy atom. The standard InChI is InChI=1S/C24H22N6O3/c25-12-14-2-1-3-15(10-14)16-4-5-18-17(11-16)24(33)30-9-6-19(21(30)23(32)28-18)29-22(31)20-13-26-7-8-27-20/h1-5,7-8,10-11,13,19,21H,6,9,12,25H2,(H,28,32)(H,29,31)/t19-,21-/m0/s1. The second-order valence-corrected chi connectivity index (χ2v) is 8.06. The van der Waals surface area contributed by atoms with Gasteiger partial charge in [0.2, 0.25) is 5.91 Å². The predicted octanol–water partition coefficient (Wildman–Crippen LogP) is 1.57. The van der Waals surface area contributed by atoms with Gasteiger partial charge in [0, 0.05) is 25.5 Å². The third-order valence-electron chi connectivity index (χ3n) is 6.04. The van der Waals surface area contributed by atoms with E-state index in [-0.39, 0.29) is 17.5 Å². The van der Waals surface area contributed by atoms with E-state index in [1.807, 2.05) is 30.3 Å². The van der Waals surface area contributed by atoms with Crippen molar-refractivity contribution in [3.05, 3.63) is 77.9 Å². The molecule has 3 amide bonds. The molecule has 33 heavy (non-hydrogen) atoms. The summed E-state index contributed by atoms with van der Waals surface area (Å²) in [5.41, 5.74) is 9.58. The summed E-state index contributed by atoms with van der Waals surface area (Å²) in [6.07, 6.45) is 4.72. The van der Waals surface area contributed by atoms with Crippen LogP contribution in [0.1, 0.15) is 32.8 Å². The van der Waals surface area contributed by atoms with E-state index in [1.165, 1.54) is 23.5 Å². The number of fused-ring (bicyclic) bond motifs is 2. The van der Waals surface area contributed by atoms with Gasteiger partial charge in [0.1, 0.15) is 11.7 Å². The van der Waals surface area contributed by atoms with Crippen molar-refractivity contribution in [1.82, 2.24) is 20.2 Å². The molecule has 0 saturated carbocycles. The van der Waals surface area contributed by atoms with E-state index in [0.29, 0.717) is 30.8 Å². The number of benzene rings is 2. The Bertz CT molecular complexity index is 1250. The number of rotatable bonds is 4. The Kier molecular flexibility index (Phi) is 5.31. The second kappa shape index (κ2) is 8.44. The van der Waals surface area contributed by atoms with Crippen molar-refractivity contribution in [3.8, 4) is 11.1 Å². The van der Waals surface area contributed by atoms with Crippen LogP contribution in [0.25, 0.3) is 11.1 Å². The molecule has 2 aromatic carbocycles. The molecule has 1 aromatic heterocycles.